The number of thioether (sulfide) groups is 1. The van der Waals surface area contributed by atoms with E-state index in [0.717, 1.165) is 61.1 Å². The van der Waals surface area contributed by atoms with E-state index in [9.17, 15) is 57.9 Å². The Hall–Kier alpha value is -3.26. The normalized spacial score (nSPS) is 23.0. The highest BCUT2D eigenvalue weighted by molar-refractivity contribution is 8.13. The number of phosphoric acid groups is 3. The number of hydrogen-bond donors (Lipinski definition) is 5. The van der Waals surface area contributed by atoms with Crippen LogP contribution in [0.2, 0.25) is 0 Å². The number of allylic oxidation sites excluding steroid dienone is 5. The first-order valence-corrected chi connectivity index (χ1v) is 28.0. The molecule has 0 aromatic carbocycles. The highest BCUT2D eigenvalue weighted by Crippen LogP contribution is 2.56. The molecule has 2 amide bonds. The monoisotopic (exact) mass is 1070 g/mol. The smallest absolute Gasteiger partial charge is 0.274 e. The summed E-state index contributed by atoms with van der Waals surface area (Å²) in [5.41, 5.74) is 4.08. The van der Waals surface area contributed by atoms with Gasteiger partial charge in [-0.15, -0.1) is 0 Å². The molecule has 4 heterocycles. The van der Waals surface area contributed by atoms with Crippen LogP contribution in [0.1, 0.15) is 97.6 Å². The predicted octanol–water partition coefficient (Wildman–Crippen LogP) is 1.49. The lowest BCUT2D eigenvalue weighted by Crippen LogP contribution is -2.46. The van der Waals surface area contributed by atoms with E-state index >= 15 is 0 Å². The van der Waals surface area contributed by atoms with Crippen molar-refractivity contribution < 1.29 is 85.2 Å². The van der Waals surface area contributed by atoms with Gasteiger partial charge < -0.3 is 73.8 Å². The highest BCUT2D eigenvalue weighted by Gasteiger charge is 2.47. The summed E-state index contributed by atoms with van der Waals surface area (Å²) < 4.78 is 66.6. The number of carbonyl (C=O) groups is 3. The fraction of sp³-hybridized carbons (Fsp3) is 0.659. The zero-order valence-corrected chi connectivity index (χ0v) is 42.5. The number of aromatic nitrogens is 4. The first-order valence-electron chi connectivity index (χ1n) is 22.6. The molecule has 2 aliphatic heterocycles. The Kier molecular flexibility index (Phi) is 23.9. The van der Waals surface area contributed by atoms with Crippen LogP contribution in [0, 0.1) is 5.41 Å². The van der Waals surface area contributed by atoms with Crippen LogP contribution in [-0.4, -0.2) is 115 Å². The van der Waals surface area contributed by atoms with Gasteiger partial charge in [0.1, 0.15) is 36.3 Å². The fourth-order valence-corrected chi connectivity index (χ4v) is 10.3. The average molecular weight is 1070 g/mol. The van der Waals surface area contributed by atoms with Gasteiger partial charge in [0, 0.05) is 37.1 Å². The molecule has 70 heavy (non-hydrogen) atoms. The number of epoxide rings is 1. The number of anilines is 1. The van der Waals surface area contributed by atoms with Crippen molar-refractivity contribution in [2.24, 2.45) is 5.41 Å². The number of nitrogens with one attached hydrogen (secondary N) is 2. The number of nitrogens with zero attached hydrogens (tertiary/aromatic N) is 4. The van der Waals surface area contributed by atoms with Gasteiger partial charge in [0.25, 0.3) is 15.6 Å². The molecule has 2 fully saturated rings. The zero-order valence-electron chi connectivity index (χ0n) is 39.0. The van der Waals surface area contributed by atoms with Crippen LogP contribution in [0.25, 0.3) is 11.2 Å². The van der Waals surface area contributed by atoms with E-state index in [4.69, 9.17) is 15.2 Å². The summed E-state index contributed by atoms with van der Waals surface area (Å²) in [4.78, 5) is 97.0. The van der Waals surface area contributed by atoms with Gasteiger partial charge in [0.05, 0.1) is 39.6 Å². The summed E-state index contributed by atoms with van der Waals surface area (Å²) in [6.45, 7) is 2.30. The molecule has 25 nitrogen and oxygen atoms in total. The minimum absolute atomic E-state index is 0.00503. The fourth-order valence-electron chi connectivity index (χ4n) is 6.83. The van der Waals surface area contributed by atoms with E-state index in [1.807, 2.05) is 0 Å². The Morgan fingerprint density at radius 2 is 1.61 bits per heavy atom. The number of unbranched alkanes of at least 4 members (excludes halogenated alkanes) is 3. The van der Waals surface area contributed by atoms with E-state index in [1.54, 1.807) is 0 Å². The summed E-state index contributed by atoms with van der Waals surface area (Å²) in [6.07, 6.45) is 15.2. The third kappa shape index (κ3) is 20.7. The third-order valence-electron chi connectivity index (χ3n) is 10.7. The van der Waals surface area contributed by atoms with Crippen molar-refractivity contribution in [3.05, 3.63) is 49.1 Å². The van der Waals surface area contributed by atoms with Gasteiger partial charge in [0.2, 0.25) is 11.8 Å². The molecule has 0 aliphatic carbocycles. The number of aliphatic hydroxyl groups is 2. The summed E-state index contributed by atoms with van der Waals surface area (Å²) in [5, 5.41) is 26.4. The van der Waals surface area contributed by atoms with Gasteiger partial charge in [0.15, 0.2) is 22.8 Å². The number of phosphoric ester groups is 3. The van der Waals surface area contributed by atoms with Crippen molar-refractivity contribution in [1.82, 2.24) is 30.2 Å². The molecule has 394 valence electrons. The second-order valence-electron chi connectivity index (χ2n) is 16.9. The second-order valence-corrected chi connectivity index (χ2v) is 22.1. The highest BCUT2D eigenvalue weighted by atomic mass is 32.2. The molecule has 0 radical (unpaired) electrons. The third-order valence-corrected chi connectivity index (χ3v) is 14.6. The number of hydrogen-bond acceptors (Lipinski definition) is 23. The molecule has 2 saturated heterocycles. The number of rotatable bonds is 33. The van der Waals surface area contributed by atoms with E-state index < -0.39 is 84.6 Å². The number of nitrogen functional groups attached to an aromatic ring is 1. The minimum Gasteiger partial charge on any atom is -0.790 e. The van der Waals surface area contributed by atoms with Gasteiger partial charge in [-0.3, -0.25) is 28.1 Å². The van der Waals surface area contributed by atoms with Crippen molar-refractivity contribution in [2.45, 2.75) is 134 Å². The molecule has 2 aliphatic rings. The molecule has 4 unspecified atom stereocenters. The van der Waals surface area contributed by atoms with E-state index in [1.165, 1.54) is 33.1 Å². The summed E-state index contributed by atoms with van der Waals surface area (Å²) >= 11 is 1.10. The van der Waals surface area contributed by atoms with Crippen LogP contribution >= 0.6 is 35.2 Å². The average Bonchev–Trinajstić information content (AvgIpc) is 3.77. The van der Waals surface area contributed by atoms with Crippen molar-refractivity contribution in [2.75, 3.05) is 37.8 Å². The largest absolute Gasteiger partial charge is 0.790 e. The number of ether oxygens (including phenoxy) is 2. The van der Waals surface area contributed by atoms with Crippen LogP contribution in [0.3, 0.4) is 0 Å². The quantitative estimate of drug-likeness (QED) is 0.0292. The Bertz CT molecular complexity index is 2260. The van der Waals surface area contributed by atoms with Gasteiger partial charge in [-0.25, -0.2) is 19.3 Å². The van der Waals surface area contributed by atoms with Crippen LogP contribution in [0.4, 0.5) is 5.82 Å². The van der Waals surface area contributed by atoms with E-state index in [0.29, 0.717) is 18.6 Å². The SMILES string of the molecule is CCCCC/C=C\C/C=C\C/C=C\CC1OC1CCCC(=O)SCCNC(=O)CCNC(=O)[C@H](O)C(C)(C)COP(=O)([O-])OP(=O)([O-])OC[C@H]1O[C@@H](n2cnc3c(N)ncnc32)[C@H](O)[C@@H]1OP(=O)([O-])[O-]. The lowest BCUT2D eigenvalue weighted by atomic mass is 9.87. The molecular formula is C41H62N7O18P3S-4. The summed E-state index contributed by atoms with van der Waals surface area (Å²) in [6, 6.07) is 0. The van der Waals surface area contributed by atoms with Crippen LogP contribution in [0.15, 0.2) is 49.1 Å². The Labute approximate surface area is 409 Å². The number of carbonyl (C=O) groups excluding carboxylic acids is 3. The number of nitrogens with two attached hydrogens (primary N) is 1. The molecule has 4 rings (SSSR count). The minimum atomic E-state index is -5.93. The topological polar surface area (TPSA) is 387 Å². The molecule has 0 saturated carbocycles. The first kappa shape index (κ1) is 59.3. The number of amides is 2. The van der Waals surface area contributed by atoms with E-state index in [2.05, 4.69) is 86.8 Å². The number of fused-ring (bicyclic) bond motifs is 1. The van der Waals surface area contributed by atoms with E-state index in [-0.39, 0.29) is 53.8 Å². The molecule has 6 N–H and O–H groups in total. The Morgan fingerprint density at radius 1 is 0.914 bits per heavy atom. The molecule has 9 atom stereocenters. The van der Waals surface area contributed by atoms with Crippen molar-refractivity contribution in [3.8, 4) is 0 Å². The first-order chi connectivity index (χ1) is 33.0. The van der Waals surface area contributed by atoms with Crippen LogP contribution < -0.4 is 35.9 Å². The van der Waals surface area contributed by atoms with Crippen molar-refractivity contribution in [1.29, 1.82) is 0 Å². The summed E-state index contributed by atoms with van der Waals surface area (Å²) in [7, 11) is -17.6. The molecule has 2 aromatic heterocycles. The maximum Gasteiger partial charge on any atom is 0.274 e. The van der Waals surface area contributed by atoms with Crippen molar-refractivity contribution >= 4 is 69.1 Å². The zero-order chi connectivity index (χ0) is 51.5. The van der Waals surface area contributed by atoms with Gasteiger partial charge in [-0.1, -0.05) is 81.8 Å². The number of imidazole rings is 1. The van der Waals surface area contributed by atoms with Crippen LogP contribution in [-0.2, 0) is 55.4 Å². The molecule has 0 bridgehead atoms. The lowest BCUT2D eigenvalue weighted by molar-refractivity contribution is -0.347. The Balaban J connectivity index is 1.07. The Morgan fingerprint density at radius 3 is 2.33 bits per heavy atom. The predicted molar refractivity (Wildman–Crippen MR) is 246 cm³/mol. The standard InChI is InChI=1S/C41H66N7O18P3S/c1-4-5-6-7-8-9-10-11-12-13-14-15-17-28-29(63-28)18-16-19-32(50)70-23-22-43-31(49)20-21-44-39(53)36(52)41(2,3)25-62-69(59,60)66-68(57,58)61-24-30-35(65-67(54,55)56)34(51)40(64-30)48-27-47-33-37(42)45-26-46-38(33)48/h8-9,11-12,14-15,26-30,34-36,40,51-52H,4-7,10,13,16-25H2,1-3H3,(H,43,49)(H,44,53)(H,57,58)(H,59,60)(H2,42,45,46)(H2,54,55,56)/p-4/b9-8-,12-11-,15-14-/t28?,29?,30-,34-,35-,36+,40-/m1/s1. The molecular weight excluding hydrogens is 1000 g/mol. The maximum absolute atomic E-state index is 12.7. The van der Waals surface area contributed by atoms with Crippen LogP contribution in [0.5, 0.6) is 0 Å². The molecule has 29 heteroatoms. The van der Waals surface area contributed by atoms with Gasteiger partial charge in [-0.2, -0.15) is 0 Å². The second kappa shape index (κ2) is 28.3. The molecule has 2 aromatic rings. The van der Waals surface area contributed by atoms with Gasteiger partial charge in [-0.05, 0) is 44.9 Å². The molecule has 0 spiro atoms. The number of aliphatic hydroxyl groups excluding tert-OH is 2. The van der Waals surface area contributed by atoms with Crippen molar-refractivity contribution in [3.63, 3.8) is 0 Å². The maximum atomic E-state index is 12.7. The van der Waals surface area contributed by atoms with Gasteiger partial charge >= 0.3 is 0 Å². The lowest BCUT2D eigenvalue weighted by Gasteiger charge is -2.36. The summed E-state index contributed by atoms with van der Waals surface area (Å²) in [5.74, 6) is -1.21.